The molecule has 1 aliphatic heterocycles. The van der Waals surface area contributed by atoms with Gasteiger partial charge in [-0.25, -0.2) is 0 Å². The molecule has 1 aromatic rings. The molecule has 1 aromatic carbocycles. The van der Waals surface area contributed by atoms with Crippen LogP contribution in [-0.2, 0) is 6.54 Å². The summed E-state index contributed by atoms with van der Waals surface area (Å²) < 4.78 is 0. The van der Waals surface area contributed by atoms with E-state index < -0.39 is 0 Å². The molecule has 3 rings (SSSR count). The molecule has 1 aliphatic carbocycles. The summed E-state index contributed by atoms with van der Waals surface area (Å²) in [6.45, 7) is 2.60. The van der Waals surface area contributed by atoms with E-state index in [0.717, 1.165) is 13.1 Å². The van der Waals surface area contributed by atoms with Crippen LogP contribution in [0.4, 0.5) is 5.69 Å². The fourth-order valence-corrected chi connectivity index (χ4v) is 3.29. The van der Waals surface area contributed by atoms with Crippen molar-refractivity contribution in [2.45, 2.75) is 44.3 Å². The van der Waals surface area contributed by atoms with Gasteiger partial charge < -0.3 is 5.32 Å². The highest BCUT2D eigenvalue weighted by atomic mass is 35.5. The minimum Gasteiger partial charge on any atom is -0.313 e. The molecular formula is C15H20ClN3O2. The summed E-state index contributed by atoms with van der Waals surface area (Å²) in [4.78, 5) is 13.2. The quantitative estimate of drug-likeness (QED) is 0.648. The lowest BCUT2D eigenvalue weighted by Crippen LogP contribution is -2.38. The van der Waals surface area contributed by atoms with E-state index in [1.165, 1.54) is 25.7 Å². The lowest BCUT2D eigenvalue weighted by atomic mass is 10.1. The molecule has 21 heavy (non-hydrogen) atoms. The first kappa shape index (κ1) is 14.8. The first-order valence-corrected chi connectivity index (χ1v) is 7.92. The van der Waals surface area contributed by atoms with Crippen LogP contribution < -0.4 is 5.32 Å². The number of benzene rings is 1. The Morgan fingerprint density at radius 1 is 1.38 bits per heavy atom. The van der Waals surface area contributed by atoms with E-state index in [9.17, 15) is 10.1 Å². The average molecular weight is 310 g/mol. The fraction of sp³-hybridized carbons (Fsp3) is 0.600. The number of halogens is 1. The Balaban J connectivity index is 1.77. The van der Waals surface area contributed by atoms with Gasteiger partial charge in [0.05, 0.1) is 15.5 Å². The van der Waals surface area contributed by atoms with E-state index >= 15 is 0 Å². The fourth-order valence-electron chi connectivity index (χ4n) is 3.06. The van der Waals surface area contributed by atoms with Gasteiger partial charge in [0.2, 0.25) is 0 Å². The van der Waals surface area contributed by atoms with E-state index in [1.54, 1.807) is 18.2 Å². The maximum atomic E-state index is 11.2. The summed E-state index contributed by atoms with van der Waals surface area (Å²) in [5.41, 5.74) is 0.779. The van der Waals surface area contributed by atoms with Gasteiger partial charge >= 0.3 is 0 Å². The Bertz CT molecular complexity index is 528. The van der Waals surface area contributed by atoms with Crippen LogP contribution in [0.5, 0.6) is 0 Å². The molecule has 0 aromatic heterocycles. The van der Waals surface area contributed by atoms with Crippen molar-refractivity contribution in [3.63, 3.8) is 0 Å². The Morgan fingerprint density at radius 2 is 2.19 bits per heavy atom. The monoisotopic (exact) mass is 309 g/mol. The molecule has 6 heteroatoms. The van der Waals surface area contributed by atoms with Crippen LogP contribution in [0, 0.1) is 10.1 Å². The minimum atomic E-state index is -0.333. The highest BCUT2D eigenvalue weighted by Crippen LogP contribution is 2.33. The third kappa shape index (κ3) is 3.54. The normalized spacial score (nSPS) is 21.9. The number of nitrogens with one attached hydrogen (secondary N) is 1. The molecule has 1 unspecified atom stereocenters. The van der Waals surface area contributed by atoms with Gasteiger partial charge in [-0.15, -0.1) is 0 Å². The molecule has 1 atom stereocenters. The van der Waals surface area contributed by atoms with Crippen molar-refractivity contribution in [1.82, 2.24) is 10.2 Å². The number of nitro benzene ring substituents is 1. The molecule has 2 fully saturated rings. The van der Waals surface area contributed by atoms with Crippen molar-refractivity contribution in [3.8, 4) is 0 Å². The molecule has 5 nitrogen and oxygen atoms in total. The summed E-state index contributed by atoms with van der Waals surface area (Å²) in [7, 11) is 0. The van der Waals surface area contributed by atoms with E-state index in [0.29, 0.717) is 29.2 Å². The third-order valence-electron chi connectivity index (χ3n) is 4.33. The standard InChI is InChI=1S/C15H20ClN3O2/c16-14-4-1-5-15(19(20)21)13(14)10-18(12-6-7-12)9-11-3-2-8-17-11/h1,4-5,11-12,17H,2-3,6-10H2. The van der Waals surface area contributed by atoms with E-state index in [4.69, 9.17) is 11.6 Å². The zero-order valence-electron chi connectivity index (χ0n) is 11.9. The van der Waals surface area contributed by atoms with Crippen LogP contribution in [0.3, 0.4) is 0 Å². The summed E-state index contributed by atoms with van der Waals surface area (Å²) in [5.74, 6) is 0. The van der Waals surface area contributed by atoms with Crippen LogP contribution in [0.1, 0.15) is 31.2 Å². The molecule has 1 saturated carbocycles. The van der Waals surface area contributed by atoms with Crippen molar-refractivity contribution < 1.29 is 4.92 Å². The molecule has 114 valence electrons. The van der Waals surface area contributed by atoms with Crippen LogP contribution in [0.25, 0.3) is 0 Å². The highest BCUT2D eigenvalue weighted by Gasteiger charge is 2.33. The van der Waals surface area contributed by atoms with Crippen molar-refractivity contribution in [2.24, 2.45) is 0 Å². The smallest absolute Gasteiger partial charge is 0.275 e. The van der Waals surface area contributed by atoms with Gasteiger partial charge in [-0.1, -0.05) is 17.7 Å². The van der Waals surface area contributed by atoms with Gasteiger partial charge in [-0.05, 0) is 38.3 Å². The summed E-state index contributed by atoms with van der Waals surface area (Å²) >= 11 is 6.21. The first-order valence-electron chi connectivity index (χ1n) is 7.54. The van der Waals surface area contributed by atoms with Crippen molar-refractivity contribution in [1.29, 1.82) is 0 Å². The van der Waals surface area contributed by atoms with Crippen molar-refractivity contribution in [3.05, 3.63) is 38.9 Å². The summed E-state index contributed by atoms with van der Waals surface area (Å²) in [5, 5.41) is 15.2. The second kappa shape index (κ2) is 6.30. The van der Waals surface area contributed by atoms with Gasteiger partial charge in [-0.2, -0.15) is 0 Å². The van der Waals surface area contributed by atoms with Gasteiger partial charge in [0, 0.05) is 31.2 Å². The lowest BCUT2D eigenvalue weighted by molar-refractivity contribution is -0.385. The number of nitrogens with zero attached hydrogens (tertiary/aromatic N) is 2. The van der Waals surface area contributed by atoms with Crippen molar-refractivity contribution in [2.75, 3.05) is 13.1 Å². The minimum absolute atomic E-state index is 0.132. The predicted molar refractivity (Wildman–Crippen MR) is 82.6 cm³/mol. The predicted octanol–water partition coefficient (Wildman–Crippen LogP) is 2.96. The zero-order chi connectivity index (χ0) is 14.8. The largest absolute Gasteiger partial charge is 0.313 e. The maximum Gasteiger partial charge on any atom is 0.275 e. The first-order chi connectivity index (χ1) is 10.1. The van der Waals surface area contributed by atoms with Crippen molar-refractivity contribution >= 4 is 17.3 Å². The molecule has 0 radical (unpaired) electrons. The Morgan fingerprint density at radius 3 is 2.81 bits per heavy atom. The SMILES string of the molecule is O=[N+]([O-])c1cccc(Cl)c1CN(CC1CCCN1)C1CC1. The van der Waals surface area contributed by atoms with Crippen LogP contribution in [-0.4, -0.2) is 35.0 Å². The molecule has 0 bridgehead atoms. The van der Waals surface area contributed by atoms with Gasteiger partial charge in [-0.3, -0.25) is 15.0 Å². The second-order valence-corrected chi connectivity index (χ2v) is 6.36. The van der Waals surface area contributed by atoms with Crippen LogP contribution >= 0.6 is 11.6 Å². The molecule has 1 saturated heterocycles. The van der Waals surface area contributed by atoms with Gasteiger partial charge in [0.25, 0.3) is 5.69 Å². The van der Waals surface area contributed by atoms with Crippen LogP contribution in [0.15, 0.2) is 18.2 Å². The lowest BCUT2D eigenvalue weighted by Gasteiger charge is -2.25. The Hall–Kier alpha value is -1.17. The number of hydrogen-bond acceptors (Lipinski definition) is 4. The average Bonchev–Trinajstić information content (AvgIpc) is 3.18. The van der Waals surface area contributed by atoms with Crippen LogP contribution in [0.2, 0.25) is 5.02 Å². The summed E-state index contributed by atoms with van der Waals surface area (Å²) in [6, 6.07) is 5.99. The van der Waals surface area contributed by atoms with E-state index in [-0.39, 0.29) is 10.6 Å². The molecule has 1 N–H and O–H groups in total. The van der Waals surface area contributed by atoms with Gasteiger partial charge in [0.15, 0.2) is 0 Å². The number of hydrogen-bond donors (Lipinski definition) is 1. The number of rotatable bonds is 6. The van der Waals surface area contributed by atoms with E-state index in [2.05, 4.69) is 10.2 Å². The molecule has 1 heterocycles. The topological polar surface area (TPSA) is 58.4 Å². The summed E-state index contributed by atoms with van der Waals surface area (Å²) in [6.07, 6.45) is 4.78. The molecule has 0 amide bonds. The molecule has 2 aliphatic rings. The highest BCUT2D eigenvalue weighted by molar-refractivity contribution is 6.31. The van der Waals surface area contributed by atoms with E-state index in [1.807, 2.05) is 0 Å². The number of nitro groups is 1. The maximum absolute atomic E-state index is 11.2. The molecule has 0 spiro atoms. The third-order valence-corrected chi connectivity index (χ3v) is 4.69. The Kier molecular flexibility index (Phi) is 4.42. The molecular weight excluding hydrogens is 290 g/mol. The second-order valence-electron chi connectivity index (χ2n) is 5.95. The van der Waals surface area contributed by atoms with Gasteiger partial charge in [0.1, 0.15) is 0 Å². The Labute approximate surface area is 129 Å². The zero-order valence-corrected chi connectivity index (χ0v) is 12.7.